The van der Waals surface area contributed by atoms with Crippen molar-refractivity contribution in [3.8, 4) is 0 Å². The number of nitrogens with zero attached hydrogens (tertiary/aromatic N) is 3. The van der Waals surface area contributed by atoms with Gasteiger partial charge < -0.3 is 9.84 Å². The number of ether oxygens (including phenoxy) is 1. The molecular formula is C20H28N4O9S2. The smallest absolute Gasteiger partial charge is 0.425 e. The molecule has 1 fully saturated rings. The van der Waals surface area contributed by atoms with Crippen LogP contribution in [0.3, 0.4) is 0 Å². The number of nitro groups is 1. The van der Waals surface area contributed by atoms with E-state index in [2.05, 4.69) is 0 Å². The van der Waals surface area contributed by atoms with Crippen LogP contribution in [0, 0.1) is 10.1 Å². The van der Waals surface area contributed by atoms with Crippen LogP contribution in [-0.4, -0.2) is 74.4 Å². The number of hydrogen-bond donors (Lipinski definition) is 2. The third-order valence-electron chi connectivity index (χ3n) is 5.15. The van der Waals surface area contributed by atoms with E-state index in [1.165, 1.54) is 52.0 Å². The molecule has 1 heterocycles. The van der Waals surface area contributed by atoms with Crippen molar-refractivity contribution >= 4 is 45.0 Å². The van der Waals surface area contributed by atoms with Gasteiger partial charge in [0.2, 0.25) is 0 Å². The van der Waals surface area contributed by atoms with Crippen molar-refractivity contribution < 1.29 is 37.6 Å². The number of non-ortho nitro benzene ring substituents is 1. The first kappa shape index (κ1) is 28.3. The Kier molecular flexibility index (Phi) is 8.40. The fourth-order valence-corrected chi connectivity index (χ4v) is 5.67. The number of hydrogen-bond acceptors (Lipinski definition) is 9. The molecule has 15 heteroatoms. The van der Waals surface area contributed by atoms with Gasteiger partial charge in [0.25, 0.3) is 5.69 Å². The first-order valence-electron chi connectivity index (χ1n) is 10.4. The second kappa shape index (κ2) is 10.4. The fraction of sp³-hybridized carbons (Fsp3) is 0.550. The van der Waals surface area contributed by atoms with Gasteiger partial charge in [-0.2, -0.15) is 12.7 Å². The molecule has 2 amide bonds. The van der Waals surface area contributed by atoms with Gasteiger partial charge in [-0.05, 0) is 39.2 Å². The van der Waals surface area contributed by atoms with Crippen LogP contribution in [0.4, 0.5) is 15.3 Å². The number of nitro benzene ring substituents is 1. The zero-order valence-electron chi connectivity index (χ0n) is 19.7. The molecule has 1 aromatic rings. The molecule has 0 aliphatic carbocycles. The van der Waals surface area contributed by atoms with E-state index in [-0.39, 0.29) is 34.5 Å². The van der Waals surface area contributed by atoms with Crippen LogP contribution in [-0.2, 0) is 26.2 Å². The fourth-order valence-electron chi connectivity index (χ4n) is 3.92. The molecule has 1 aromatic carbocycles. The molecule has 2 rings (SSSR count). The maximum Gasteiger partial charge on any atom is 0.425 e. The third-order valence-corrected chi connectivity index (χ3v) is 7.03. The Balaban J connectivity index is 2.58. The minimum atomic E-state index is -4.69. The van der Waals surface area contributed by atoms with Gasteiger partial charge in [0.05, 0.1) is 17.0 Å². The number of likely N-dealkylation sites (tertiary alicyclic amines) is 1. The lowest BCUT2D eigenvalue weighted by Crippen LogP contribution is -2.59. The summed E-state index contributed by atoms with van der Waals surface area (Å²) in [6.45, 7) is 5.11. The molecule has 194 valence electrons. The molecule has 1 aliphatic rings. The number of carbonyl (C=O) groups excluding carboxylic acids is 2. The zero-order chi connectivity index (χ0) is 26.8. The first-order chi connectivity index (χ1) is 15.9. The van der Waals surface area contributed by atoms with E-state index >= 15 is 0 Å². The molecule has 1 unspecified atom stereocenters. The Morgan fingerprint density at radius 3 is 2.31 bits per heavy atom. The molecule has 13 nitrogen and oxygen atoms in total. The van der Waals surface area contributed by atoms with Crippen LogP contribution in [0.25, 0.3) is 0 Å². The molecule has 0 spiro atoms. The average Bonchev–Trinajstić information content (AvgIpc) is 3.01. The number of nitrogens with two attached hydrogens (primary N) is 1. The topological polar surface area (TPSA) is 190 Å². The summed E-state index contributed by atoms with van der Waals surface area (Å²) < 4.78 is 30.3. The molecule has 0 bridgehead atoms. The molecule has 3 N–H and O–H groups in total. The monoisotopic (exact) mass is 532 g/mol. The standard InChI is InChI=1S/C20H28N4O9S2/c1-13(25)34-16-10-20(22(11-16)17(26)27,9-14-5-7-15(8-6-14)24(29)30)12-23(35(21,31)32)18(28)33-19(2,3)4/h5-8,16H,9-12H2,1-4H3,(H,26,27)(H2,21,31,32)/t16?,20-/m0/s1. The summed E-state index contributed by atoms with van der Waals surface area (Å²) in [5.74, 6) is 0. The number of rotatable bonds is 7. The first-order valence-corrected chi connectivity index (χ1v) is 12.8. The number of thioether (sulfide) groups is 1. The second-order valence-corrected chi connectivity index (χ2v) is 12.1. The van der Waals surface area contributed by atoms with Gasteiger partial charge in [0.1, 0.15) is 5.60 Å². The van der Waals surface area contributed by atoms with Crippen LogP contribution in [0.5, 0.6) is 0 Å². The van der Waals surface area contributed by atoms with Crippen molar-refractivity contribution in [2.45, 2.75) is 56.9 Å². The lowest BCUT2D eigenvalue weighted by molar-refractivity contribution is -0.384. The van der Waals surface area contributed by atoms with E-state index < -0.39 is 50.3 Å². The molecule has 1 aliphatic heterocycles. The van der Waals surface area contributed by atoms with Crippen molar-refractivity contribution in [1.82, 2.24) is 9.21 Å². The Morgan fingerprint density at radius 1 is 1.31 bits per heavy atom. The van der Waals surface area contributed by atoms with Crippen LogP contribution in [0.1, 0.15) is 39.7 Å². The van der Waals surface area contributed by atoms with Gasteiger partial charge in [0, 0.05) is 30.9 Å². The Bertz CT molecular complexity index is 1100. The van der Waals surface area contributed by atoms with Gasteiger partial charge in [0.15, 0.2) is 5.12 Å². The molecule has 0 radical (unpaired) electrons. The van der Waals surface area contributed by atoms with Gasteiger partial charge in [-0.15, -0.1) is 0 Å². The predicted octanol–water partition coefficient (Wildman–Crippen LogP) is 2.35. The number of benzene rings is 1. The lowest BCUT2D eigenvalue weighted by Gasteiger charge is -2.40. The predicted molar refractivity (Wildman–Crippen MR) is 127 cm³/mol. The zero-order valence-corrected chi connectivity index (χ0v) is 21.3. The van der Waals surface area contributed by atoms with Crippen molar-refractivity contribution in [2.24, 2.45) is 5.14 Å². The van der Waals surface area contributed by atoms with E-state index in [1.54, 1.807) is 0 Å². The van der Waals surface area contributed by atoms with Crippen molar-refractivity contribution in [2.75, 3.05) is 13.1 Å². The maximum atomic E-state index is 12.8. The highest BCUT2D eigenvalue weighted by Gasteiger charge is 2.52. The molecular weight excluding hydrogens is 504 g/mol. The van der Waals surface area contributed by atoms with Crippen LogP contribution in [0.15, 0.2) is 24.3 Å². The summed E-state index contributed by atoms with van der Waals surface area (Å²) in [7, 11) is -4.69. The highest BCUT2D eigenvalue weighted by Crippen LogP contribution is 2.40. The SMILES string of the molecule is CC(=O)SC1CN(C(=O)O)[C@](Cc2ccc([N+](=O)[O-])cc2)(CN(C(=O)OC(C)(C)C)S(N)(=O)=O)C1. The molecule has 35 heavy (non-hydrogen) atoms. The summed E-state index contributed by atoms with van der Waals surface area (Å²) in [6, 6.07) is 5.30. The van der Waals surface area contributed by atoms with E-state index in [0.29, 0.717) is 5.56 Å². The van der Waals surface area contributed by atoms with Crippen molar-refractivity contribution in [3.63, 3.8) is 0 Å². The van der Waals surface area contributed by atoms with Crippen LogP contribution >= 0.6 is 11.8 Å². The highest BCUT2D eigenvalue weighted by atomic mass is 32.2. The quantitative estimate of drug-likeness (QED) is 0.389. The Labute approximate surface area is 206 Å². The highest BCUT2D eigenvalue weighted by molar-refractivity contribution is 8.14. The Morgan fingerprint density at radius 2 is 1.89 bits per heavy atom. The van der Waals surface area contributed by atoms with Gasteiger partial charge in [-0.25, -0.2) is 14.7 Å². The van der Waals surface area contributed by atoms with E-state index in [9.17, 15) is 38.0 Å². The van der Waals surface area contributed by atoms with Gasteiger partial charge >= 0.3 is 22.4 Å². The average molecular weight is 533 g/mol. The summed E-state index contributed by atoms with van der Waals surface area (Å²) in [6.07, 6.45) is -2.77. The molecule has 0 aromatic heterocycles. The number of carbonyl (C=O) groups is 3. The summed E-state index contributed by atoms with van der Waals surface area (Å²) >= 11 is 0.907. The van der Waals surface area contributed by atoms with Crippen molar-refractivity contribution in [3.05, 3.63) is 39.9 Å². The summed E-state index contributed by atoms with van der Waals surface area (Å²) in [5, 5.41) is 25.5. The number of amides is 2. The summed E-state index contributed by atoms with van der Waals surface area (Å²) in [5.41, 5.74) is -2.33. The van der Waals surface area contributed by atoms with Crippen molar-refractivity contribution in [1.29, 1.82) is 0 Å². The molecule has 1 saturated heterocycles. The van der Waals surface area contributed by atoms with Crippen LogP contribution < -0.4 is 5.14 Å². The maximum absolute atomic E-state index is 12.8. The normalized spacial score (nSPS) is 20.4. The third kappa shape index (κ3) is 7.53. The summed E-state index contributed by atoms with van der Waals surface area (Å²) in [4.78, 5) is 48.1. The minimum absolute atomic E-state index is 0.00928. The van der Waals surface area contributed by atoms with E-state index in [0.717, 1.165) is 16.7 Å². The lowest BCUT2D eigenvalue weighted by atomic mass is 9.87. The molecule has 2 atom stereocenters. The molecule has 0 saturated carbocycles. The van der Waals surface area contributed by atoms with E-state index in [1.807, 2.05) is 0 Å². The second-order valence-electron chi connectivity index (χ2n) is 9.19. The number of carboxylic acid groups (broad SMARTS) is 1. The minimum Gasteiger partial charge on any atom is -0.465 e. The van der Waals surface area contributed by atoms with E-state index in [4.69, 9.17) is 9.88 Å². The van der Waals surface area contributed by atoms with Gasteiger partial charge in [-0.3, -0.25) is 19.8 Å². The van der Waals surface area contributed by atoms with Gasteiger partial charge in [-0.1, -0.05) is 23.9 Å². The largest absolute Gasteiger partial charge is 0.465 e. The van der Waals surface area contributed by atoms with Crippen LogP contribution in [0.2, 0.25) is 0 Å². The Hall–Kier alpha value is -2.91.